The minimum atomic E-state index is -0.482. The van der Waals surface area contributed by atoms with Gasteiger partial charge in [0.05, 0.1) is 0 Å². The fourth-order valence-corrected chi connectivity index (χ4v) is 3.51. The van der Waals surface area contributed by atoms with Gasteiger partial charge in [-0.1, -0.05) is 13.0 Å². The number of amides is 1. The molecule has 0 aromatic carbocycles. The number of carbonyl (C=O) groups excluding carboxylic acids is 1. The highest BCUT2D eigenvalue weighted by molar-refractivity contribution is 5.80. The SMILES string of the molecule is CN=C(NCC(C)CN(C)C(=O)OC(C)(C)C)NC1CCN(c2ccc(C)cn2)CC1. The van der Waals surface area contributed by atoms with Crippen molar-refractivity contribution in [2.45, 2.75) is 59.1 Å². The fraction of sp³-hybridized carbons (Fsp3) is 0.696. The molecule has 31 heavy (non-hydrogen) atoms. The molecule has 0 spiro atoms. The fourth-order valence-electron chi connectivity index (χ4n) is 3.51. The van der Waals surface area contributed by atoms with Gasteiger partial charge in [0.1, 0.15) is 11.4 Å². The molecule has 8 nitrogen and oxygen atoms in total. The van der Waals surface area contributed by atoms with Gasteiger partial charge in [0.15, 0.2) is 5.96 Å². The minimum Gasteiger partial charge on any atom is -0.444 e. The van der Waals surface area contributed by atoms with Gasteiger partial charge in [0, 0.05) is 52.5 Å². The van der Waals surface area contributed by atoms with Crippen LogP contribution in [0.2, 0.25) is 0 Å². The zero-order valence-electron chi connectivity index (χ0n) is 20.2. The first kappa shape index (κ1) is 24.8. The number of ether oxygens (including phenoxy) is 1. The molecule has 1 aromatic heterocycles. The van der Waals surface area contributed by atoms with Crippen molar-refractivity contribution in [2.75, 3.05) is 45.2 Å². The van der Waals surface area contributed by atoms with Crippen LogP contribution in [0.5, 0.6) is 0 Å². The third-order valence-corrected chi connectivity index (χ3v) is 5.19. The predicted octanol–water partition coefficient (Wildman–Crippen LogP) is 3.03. The average molecular weight is 433 g/mol. The van der Waals surface area contributed by atoms with Gasteiger partial charge in [-0.3, -0.25) is 4.99 Å². The first-order valence-electron chi connectivity index (χ1n) is 11.2. The second-order valence-corrected chi connectivity index (χ2v) is 9.52. The molecule has 1 fully saturated rings. The highest BCUT2D eigenvalue weighted by Crippen LogP contribution is 2.18. The van der Waals surface area contributed by atoms with Crippen molar-refractivity contribution in [3.05, 3.63) is 23.9 Å². The van der Waals surface area contributed by atoms with E-state index in [1.807, 2.05) is 27.0 Å². The molecule has 8 heteroatoms. The molecular formula is C23H40N6O2. The van der Waals surface area contributed by atoms with Gasteiger partial charge in [0.2, 0.25) is 0 Å². The third kappa shape index (κ3) is 8.63. The van der Waals surface area contributed by atoms with Crippen LogP contribution in [0.4, 0.5) is 10.6 Å². The van der Waals surface area contributed by atoms with Crippen LogP contribution in [-0.4, -0.2) is 73.9 Å². The molecule has 1 amide bonds. The molecular weight excluding hydrogens is 392 g/mol. The van der Waals surface area contributed by atoms with Crippen molar-refractivity contribution in [3.8, 4) is 0 Å². The molecule has 2 N–H and O–H groups in total. The number of anilines is 1. The average Bonchev–Trinajstić information content (AvgIpc) is 2.71. The number of pyridine rings is 1. The van der Waals surface area contributed by atoms with Crippen LogP contribution in [0.15, 0.2) is 23.3 Å². The first-order chi connectivity index (χ1) is 14.6. The van der Waals surface area contributed by atoms with Gasteiger partial charge in [-0.05, 0) is 58.1 Å². The Morgan fingerprint density at radius 3 is 2.58 bits per heavy atom. The highest BCUT2D eigenvalue weighted by Gasteiger charge is 2.22. The predicted molar refractivity (Wildman–Crippen MR) is 127 cm³/mol. The van der Waals surface area contributed by atoms with Gasteiger partial charge < -0.3 is 25.2 Å². The molecule has 0 bridgehead atoms. The summed E-state index contributed by atoms with van der Waals surface area (Å²) < 4.78 is 5.42. The molecule has 0 radical (unpaired) electrons. The van der Waals surface area contributed by atoms with Crippen LogP contribution >= 0.6 is 0 Å². The second kappa shape index (κ2) is 11.2. The van der Waals surface area contributed by atoms with E-state index in [4.69, 9.17) is 4.74 Å². The Morgan fingerprint density at radius 1 is 1.35 bits per heavy atom. The Bertz CT molecular complexity index is 721. The Kier molecular flexibility index (Phi) is 8.95. The highest BCUT2D eigenvalue weighted by atomic mass is 16.6. The number of nitrogens with one attached hydrogen (secondary N) is 2. The van der Waals surface area contributed by atoms with Crippen LogP contribution < -0.4 is 15.5 Å². The summed E-state index contributed by atoms with van der Waals surface area (Å²) in [7, 11) is 3.56. The summed E-state index contributed by atoms with van der Waals surface area (Å²) in [5.41, 5.74) is 0.700. The second-order valence-electron chi connectivity index (χ2n) is 9.52. The summed E-state index contributed by atoms with van der Waals surface area (Å²) in [6.45, 7) is 13.1. The molecule has 2 rings (SSSR count). The Hall–Kier alpha value is -2.51. The van der Waals surface area contributed by atoms with E-state index in [0.29, 0.717) is 12.6 Å². The number of rotatable bonds is 6. The van der Waals surface area contributed by atoms with Crippen LogP contribution in [0.3, 0.4) is 0 Å². The molecule has 1 aromatic rings. The zero-order chi connectivity index (χ0) is 23.0. The van der Waals surface area contributed by atoms with E-state index in [1.54, 1.807) is 19.0 Å². The molecule has 1 saturated heterocycles. The normalized spacial score (nSPS) is 16.6. The van der Waals surface area contributed by atoms with E-state index in [9.17, 15) is 4.79 Å². The number of nitrogens with zero attached hydrogens (tertiary/aromatic N) is 4. The number of aromatic nitrogens is 1. The molecule has 174 valence electrons. The molecule has 2 heterocycles. The van der Waals surface area contributed by atoms with Gasteiger partial charge in [-0.25, -0.2) is 9.78 Å². The number of aryl methyl sites for hydroxylation is 1. The van der Waals surface area contributed by atoms with Crippen LogP contribution in [-0.2, 0) is 4.74 Å². The standard InChI is InChI=1S/C23H40N6O2/c1-17-8-9-20(25-14-17)29-12-10-19(11-13-29)27-21(24-6)26-15-18(2)16-28(7)22(30)31-23(3,4)5/h8-9,14,18-19H,10-13,15-16H2,1-7H3,(H2,24,26,27). The van der Waals surface area contributed by atoms with E-state index < -0.39 is 5.60 Å². The number of aliphatic imine (C=N–C) groups is 1. The lowest BCUT2D eigenvalue weighted by molar-refractivity contribution is 0.0278. The van der Waals surface area contributed by atoms with Crippen molar-refractivity contribution >= 4 is 17.9 Å². The van der Waals surface area contributed by atoms with Crippen molar-refractivity contribution in [3.63, 3.8) is 0 Å². The van der Waals surface area contributed by atoms with E-state index in [-0.39, 0.29) is 12.0 Å². The lowest BCUT2D eigenvalue weighted by atomic mass is 10.1. The smallest absolute Gasteiger partial charge is 0.410 e. The monoisotopic (exact) mass is 432 g/mol. The van der Waals surface area contributed by atoms with E-state index >= 15 is 0 Å². The molecule has 1 aliphatic rings. The van der Waals surface area contributed by atoms with Crippen molar-refractivity contribution in [1.29, 1.82) is 0 Å². The minimum absolute atomic E-state index is 0.255. The summed E-state index contributed by atoms with van der Waals surface area (Å²) in [4.78, 5) is 25.0. The molecule has 1 atom stereocenters. The Labute approximate surface area is 187 Å². The molecule has 1 unspecified atom stereocenters. The van der Waals surface area contributed by atoms with E-state index in [2.05, 4.69) is 51.5 Å². The maximum absolute atomic E-state index is 12.1. The number of piperidine rings is 1. The van der Waals surface area contributed by atoms with Crippen molar-refractivity contribution < 1.29 is 9.53 Å². The van der Waals surface area contributed by atoms with Crippen LogP contribution in [0, 0.1) is 12.8 Å². The number of hydrogen-bond acceptors (Lipinski definition) is 5. The first-order valence-corrected chi connectivity index (χ1v) is 11.2. The quantitative estimate of drug-likeness (QED) is 0.531. The number of carbonyl (C=O) groups is 1. The van der Waals surface area contributed by atoms with Crippen molar-refractivity contribution in [1.82, 2.24) is 20.5 Å². The third-order valence-electron chi connectivity index (χ3n) is 5.19. The van der Waals surface area contributed by atoms with Crippen LogP contribution in [0.1, 0.15) is 46.1 Å². The summed E-state index contributed by atoms with van der Waals surface area (Å²) >= 11 is 0. The number of hydrogen-bond donors (Lipinski definition) is 2. The maximum Gasteiger partial charge on any atom is 0.410 e. The molecule has 0 saturated carbocycles. The topological polar surface area (TPSA) is 82.1 Å². The maximum atomic E-state index is 12.1. The summed E-state index contributed by atoms with van der Waals surface area (Å²) in [6.07, 6.45) is 3.70. The van der Waals surface area contributed by atoms with Gasteiger partial charge in [-0.15, -0.1) is 0 Å². The lowest BCUT2D eigenvalue weighted by Crippen LogP contribution is -2.50. The van der Waals surface area contributed by atoms with Crippen molar-refractivity contribution in [2.24, 2.45) is 10.9 Å². The Balaban J connectivity index is 1.72. The Morgan fingerprint density at radius 2 is 2.03 bits per heavy atom. The lowest BCUT2D eigenvalue weighted by Gasteiger charge is -2.34. The summed E-state index contributed by atoms with van der Waals surface area (Å²) in [5, 5.41) is 6.93. The summed E-state index contributed by atoms with van der Waals surface area (Å²) in [5.74, 6) is 2.11. The molecule has 1 aliphatic heterocycles. The van der Waals surface area contributed by atoms with E-state index in [1.165, 1.54) is 5.56 Å². The largest absolute Gasteiger partial charge is 0.444 e. The summed E-state index contributed by atoms with van der Waals surface area (Å²) in [6, 6.07) is 4.59. The zero-order valence-corrected chi connectivity index (χ0v) is 20.2. The van der Waals surface area contributed by atoms with Gasteiger partial charge >= 0.3 is 6.09 Å². The van der Waals surface area contributed by atoms with E-state index in [0.717, 1.165) is 44.3 Å². The van der Waals surface area contributed by atoms with Gasteiger partial charge in [-0.2, -0.15) is 0 Å². The molecule has 0 aliphatic carbocycles. The van der Waals surface area contributed by atoms with Crippen LogP contribution in [0.25, 0.3) is 0 Å². The van der Waals surface area contributed by atoms with Gasteiger partial charge in [0.25, 0.3) is 0 Å². The number of guanidine groups is 1.